The lowest BCUT2D eigenvalue weighted by Gasteiger charge is -2.31. The number of rotatable bonds is 3. The molecule has 0 aliphatic carbocycles. The molecule has 0 radical (unpaired) electrons. The Kier molecular flexibility index (Phi) is 4.44. The zero-order valence-electron chi connectivity index (χ0n) is 10.6. The van der Waals surface area contributed by atoms with Gasteiger partial charge >= 0.3 is 0 Å². The van der Waals surface area contributed by atoms with Gasteiger partial charge in [-0.1, -0.05) is 6.92 Å². The third-order valence-electron chi connectivity index (χ3n) is 3.92. The number of nitrogens with zero attached hydrogens (tertiary/aromatic N) is 1. The largest absolute Gasteiger partial charge is 0.381 e. The van der Waals surface area contributed by atoms with Gasteiger partial charge in [0.05, 0.1) is 5.75 Å². The third-order valence-corrected chi connectivity index (χ3v) is 5.97. The molecule has 0 N–H and O–H groups in total. The molecule has 5 heteroatoms. The predicted octanol–water partition coefficient (Wildman–Crippen LogP) is 1.47. The molecule has 2 fully saturated rings. The smallest absolute Gasteiger partial charge is 0.214 e. The minimum atomic E-state index is -3.03. The fourth-order valence-electron chi connectivity index (χ4n) is 2.58. The highest BCUT2D eigenvalue weighted by molar-refractivity contribution is 7.89. The van der Waals surface area contributed by atoms with Crippen LogP contribution in [0.3, 0.4) is 0 Å². The summed E-state index contributed by atoms with van der Waals surface area (Å²) in [5.41, 5.74) is 0. The van der Waals surface area contributed by atoms with E-state index in [1.54, 1.807) is 4.31 Å². The monoisotopic (exact) mass is 261 g/mol. The van der Waals surface area contributed by atoms with Gasteiger partial charge in [0.15, 0.2) is 0 Å². The van der Waals surface area contributed by atoms with E-state index in [0.717, 1.165) is 38.9 Å². The van der Waals surface area contributed by atoms with E-state index in [0.29, 0.717) is 30.7 Å². The Morgan fingerprint density at radius 2 is 1.71 bits per heavy atom. The average Bonchev–Trinajstić information content (AvgIpc) is 2.30. The van der Waals surface area contributed by atoms with Crippen molar-refractivity contribution < 1.29 is 13.2 Å². The van der Waals surface area contributed by atoms with Crippen LogP contribution >= 0.6 is 0 Å². The van der Waals surface area contributed by atoms with E-state index in [-0.39, 0.29) is 0 Å². The maximum atomic E-state index is 12.2. The Bertz CT molecular complexity index is 328. The minimum absolute atomic E-state index is 0.299. The predicted molar refractivity (Wildman–Crippen MR) is 67.3 cm³/mol. The Morgan fingerprint density at radius 1 is 1.12 bits per heavy atom. The zero-order chi connectivity index (χ0) is 12.3. The molecule has 0 aromatic rings. The molecule has 2 aliphatic heterocycles. The van der Waals surface area contributed by atoms with Crippen LogP contribution in [0.15, 0.2) is 0 Å². The fourth-order valence-corrected chi connectivity index (χ4v) is 4.49. The third kappa shape index (κ3) is 3.66. The van der Waals surface area contributed by atoms with Crippen LogP contribution in [-0.4, -0.2) is 44.8 Å². The maximum Gasteiger partial charge on any atom is 0.214 e. The second kappa shape index (κ2) is 5.67. The topological polar surface area (TPSA) is 46.6 Å². The standard InChI is InChI=1S/C12H23NO3S/c1-11-2-6-13(7-3-11)17(14,15)10-12-4-8-16-9-5-12/h11-12H,2-10H2,1H3. The number of sulfonamides is 1. The lowest BCUT2D eigenvalue weighted by atomic mass is 10.0. The number of hydrogen-bond acceptors (Lipinski definition) is 3. The molecule has 2 saturated heterocycles. The molecule has 0 bridgehead atoms. The molecular weight excluding hydrogens is 238 g/mol. The van der Waals surface area contributed by atoms with Crippen molar-refractivity contribution in [3.8, 4) is 0 Å². The van der Waals surface area contributed by atoms with Crippen LogP contribution in [0.4, 0.5) is 0 Å². The van der Waals surface area contributed by atoms with E-state index in [2.05, 4.69) is 6.92 Å². The van der Waals surface area contributed by atoms with E-state index in [9.17, 15) is 8.42 Å². The first-order valence-electron chi connectivity index (χ1n) is 6.63. The fraction of sp³-hybridized carbons (Fsp3) is 1.00. The van der Waals surface area contributed by atoms with Gasteiger partial charge < -0.3 is 4.74 Å². The van der Waals surface area contributed by atoms with Crippen LogP contribution in [0.5, 0.6) is 0 Å². The van der Waals surface area contributed by atoms with Gasteiger partial charge in [-0.05, 0) is 37.5 Å². The molecule has 2 heterocycles. The van der Waals surface area contributed by atoms with Crippen LogP contribution in [0, 0.1) is 11.8 Å². The van der Waals surface area contributed by atoms with Gasteiger partial charge in [-0.3, -0.25) is 0 Å². The molecule has 0 saturated carbocycles. The van der Waals surface area contributed by atoms with Crippen molar-refractivity contribution in [2.75, 3.05) is 32.1 Å². The summed E-state index contributed by atoms with van der Waals surface area (Å²) in [6, 6.07) is 0. The van der Waals surface area contributed by atoms with E-state index in [1.807, 2.05) is 0 Å². The van der Waals surface area contributed by atoms with E-state index in [4.69, 9.17) is 4.74 Å². The molecule has 0 aromatic heterocycles. The van der Waals surface area contributed by atoms with Gasteiger partial charge in [0.25, 0.3) is 0 Å². The highest BCUT2D eigenvalue weighted by Crippen LogP contribution is 2.23. The second-order valence-corrected chi connectivity index (χ2v) is 7.43. The molecule has 0 amide bonds. The summed E-state index contributed by atoms with van der Waals surface area (Å²) in [7, 11) is -3.03. The second-order valence-electron chi connectivity index (χ2n) is 5.42. The Hall–Kier alpha value is -0.130. The first-order valence-corrected chi connectivity index (χ1v) is 8.24. The lowest BCUT2D eigenvalue weighted by molar-refractivity contribution is 0.0719. The molecule has 2 aliphatic rings. The van der Waals surface area contributed by atoms with Crippen molar-refractivity contribution >= 4 is 10.0 Å². The van der Waals surface area contributed by atoms with Crippen molar-refractivity contribution in [2.45, 2.75) is 32.6 Å². The SMILES string of the molecule is CC1CCN(S(=O)(=O)CC2CCOCC2)CC1. The first-order chi connectivity index (χ1) is 8.08. The summed E-state index contributed by atoms with van der Waals surface area (Å²) in [4.78, 5) is 0. The van der Waals surface area contributed by atoms with Gasteiger partial charge in [0.2, 0.25) is 10.0 Å². The molecule has 2 rings (SSSR count). The van der Waals surface area contributed by atoms with Crippen LogP contribution in [0.1, 0.15) is 32.6 Å². The molecule has 4 nitrogen and oxygen atoms in total. The van der Waals surface area contributed by atoms with Crippen molar-refractivity contribution in [1.29, 1.82) is 0 Å². The Balaban J connectivity index is 1.89. The molecule has 0 spiro atoms. The normalized spacial score (nSPS) is 26.2. The van der Waals surface area contributed by atoms with Crippen molar-refractivity contribution in [2.24, 2.45) is 11.8 Å². The quantitative estimate of drug-likeness (QED) is 0.773. The van der Waals surface area contributed by atoms with Crippen molar-refractivity contribution in [1.82, 2.24) is 4.31 Å². The van der Waals surface area contributed by atoms with Crippen LogP contribution in [-0.2, 0) is 14.8 Å². The number of hydrogen-bond donors (Lipinski definition) is 0. The highest BCUT2D eigenvalue weighted by Gasteiger charge is 2.29. The molecule has 0 unspecified atom stereocenters. The van der Waals surface area contributed by atoms with Crippen molar-refractivity contribution in [3.63, 3.8) is 0 Å². The average molecular weight is 261 g/mol. The Morgan fingerprint density at radius 3 is 2.29 bits per heavy atom. The first kappa shape index (κ1) is 13.3. The maximum absolute atomic E-state index is 12.2. The zero-order valence-corrected chi connectivity index (χ0v) is 11.4. The summed E-state index contributed by atoms with van der Waals surface area (Å²) in [5.74, 6) is 1.29. The number of piperidine rings is 1. The summed E-state index contributed by atoms with van der Waals surface area (Å²) >= 11 is 0. The summed E-state index contributed by atoms with van der Waals surface area (Å²) < 4.78 is 31.5. The van der Waals surface area contributed by atoms with E-state index in [1.165, 1.54) is 0 Å². The van der Waals surface area contributed by atoms with E-state index >= 15 is 0 Å². The summed E-state index contributed by atoms with van der Waals surface area (Å²) in [6.07, 6.45) is 3.80. The lowest BCUT2D eigenvalue weighted by Crippen LogP contribution is -2.41. The molecule has 0 atom stereocenters. The summed E-state index contributed by atoms with van der Waals surface area (Å²) in [5, 5.41) is 0. The molecular formula is C12H23NO3S. The van der Waals surface area contributed by atoms with Gasteiger partial charge in [-0.25, -0.2) is 12.7 Å². The molecule has 100 valence electrons. The van der Waals surface area contributed by atoms with Gasteiger partial charge in [-0.15, -0.1) is 0 Å². The number of ether oxygens (including phenoxy) is 1. The van der Waals surface area contributed by atoms with Crippen LogP contribution < -0.4 is 0 Å². The van der Waals surface area contributed by atoms with Crippen molar-refractivity contribution in [3.05, 3.63) is 0 Å². The Labute approximate surface area is 104 Å². The van der Waals surface area contributed by atoms with Crippen LogP contribution in [0.25, 0.3) is 0 Å². The summed E-state index contributed by atoms with van der Waals surface area (Å²) in [6.45, 7) is 5.07. The minimum Gasteiger partial charge on any atom is -0.381 e. The van der Waals surface area contributed by atoms with E-state index < -0.39 is 10.0 Å². The van der Waals surface area contributed by atoms with Crippen LogP contribution in [0.2, 0.25) is 0 Å². The highest BCUT2D eigenvalue weighted by atomic mass is 32.2. The van der Waals surface area contributed by atoms with Gasteiger partial charge in [0.1, 0.15) is 0 Å². The van der Waals surface area contributed by atoms with Gasteiger partial charge in [0, 0.05) is 26.3 Å². The molecule has 17 heavy (non-hydrogen) atoms. The molecule has 0 aromatic carbocycles. The van der Waals surface area contributed by atoms with Gasteiger partial charge in [-0.2, -0.15) is 0 Å².